The molecule has 2 aliphatic heterocycles. The first kappa shape index (κ1) is 26.3. The van der Waals surface area contributed by atoms with Crippen LogP contribution in [0.3, 0.4) is 0 Å². The molecule has 0 radical (unpaired) electrons. The highest BCUT2D eigenvalue weighted by molar-refractivity contribution is 6.39. The van der Waals surface area contributed by atoms with Gasteiger partial charge in [-0.1, -0.05) is 0 Å². The first-order valence-electron chi connectivity index (χ1n) is 11.5. The largest absolute Gasteiger partial charge is 0.497 e. The van der Waals surface area contributed by atoms with Crippen LogP contribution in [0.1, 0.15) is 18.1 Å². The number of hydrogen-bond donors (Lipinski definition) is 1. The van der Waals surface area contributed by atoms with Gasteiger partial charge in [0.15, 0.2) is 11.5 Å². The van der Waals surface area contributed by atoms with Gasteiger partial charge in [-0.15, -0.1) is 0 Å². The number of nitrogens with one attached hydrogen (secondary N) is 1. The molecule has 2 aromatic rings. The van der Waals surface area contributed by atoms with E-state index in [2.05, 4.69) is 5.32 Å². The zero-order valence-electron chi connectivity index (χ0n) is 21.6. The van der Waals surface area contributed by atoms with E-state index in [-0.39, 0.29) is 35.5 Å². The number of imide groups is 2. The molecular weight excluding hydrogens is 498 g/mol. The van der Waals surface area contributed by atoms with Crippen molar-refractivity contribution in [3.8, 4) is 28.7 Å². The van der Waals surface area contributed by atoms with E-state index in [1.54, 1.807) is 25.2 Å². The number of nitrogens with zero attached hydrogens (tertiary/aromatic N) is 2. The molecule has 0 saturated carbocycles. The lowest BCUT2D eigenvalue weighted by Gasteiger charge is -2.28. The number of rotatable bonds is 8. The van der Waals surface area contributed by atoms with Crippen LogP contribution in [0.15, 0.2) is 29.8 Å². The Bertz CT molecular complexity index is 1350. The fourth-order valence-corrected chi connectivity index (χ4v) is 4.08. The second kappa shape index (κ2) is 10.7. The van der Waals surface area contributed by atoms with Crippen molar-refractivity contribution in [3.05, 3.63) is 41.0 Å². The van der Waals surface area contributed by atoms with Crippen LogP contribution in [0.2, 0.25) is 0 Å². The average Bonchev–Trinajstić information content (AvgIpc) is 3.37. The van der Waals surface area contributed by atoms with Gasteiger partial charge in [-0.25, -0.2) is 9.69 Å². The van der Waals surface area contributed by atoms with Crippen molar-refractivity contribution in [2.75, 3.05) is 46.6 Å². The SMILES string of the molecule is COc1ccc(OC)c(N2C(=O)NC(=O)/C(=C/c3c(CCN(C)C(C)=O)cc4c(c3OC)OCO4)C2=O)c1. The number of benzene rings is 2. The molecule has 1 fully saturated rings. The Morgan fingerprint density at radius 2 is 1.87 bits per heavy atom. The Hall–Kier alpha value is -4.74. The number of carbonyl (C=O) groups is 4. The van der Waals surface area contributed by atoms with Gasteiger partial charge in [-0.05, 0) is 36.3 Å². The fourth-order valence-electron chi connectivity index (χ4n) is 4.08. The average molecular weight is 526 g/mol. The van der Waals surface area contributed by atoms with E-state index in [9.17, 15) is 19.2 Å². The molecule has 0 spiro atoms. The molecule has 2 heterocycles. The summed E-state index contributed by atoms with van der Waals surface area (Å²) in [7, 11) is 5.91. The molecule has 1 N–H and O–H groups in total. The number of ether oxygens (including phenoxy) is 5. The molecule has 38 heavy (non-hydrogen) atoms. The Morgan fingerprint density at radius 1 is 1.11 bits per heavy atom. The van der Waals surface area contributed by atoms with Crippen molar-refractivity contribution in [2.45, 2.75) is 13.3 Å². The van der Waals surface area contributed by atoms with Gasteiger partial charge in [0.2, 0.25) is 18.4 Å². The minimum absolute atomic E-state index is 0.0319. The lowest BCUT2D eigenvalue weighted by Crippen LogP contribution is -2.54. The third kappa shape index (κ3) is 4.80. The van der Waals surface area contributed by atoms with Crippen LogP contribution < -0.4 is 33.9 Å². The van der Waals surface area contributed by atoms with Crippen LogP contribution in [-0.4, -0.2) is 70.4 Å². The van der Waals surface area contributed by atoms with E-state index in [0.29, 0.717) is 41.3 Å². The number of carbonyl (C=O) groups excluding carboxylic acids is 4. The van der Waals surface area contributed by atoms with Crippen LogP contribution in [0.5, 0.6) is 28.7 Å². The van der Waals surface area contributed by atoms with Gasteiger partial charge >= 0.3 is 6.03 Å². The van der Waals surface area contributed by atoms with E-state index >= 15 is 0 Å². The molecular formula is C26H27N3O9. The molecule has 0 aliphatic carbocycles. The molecule has 5 amide bonds. The maximum Gasteiger partial charge on any atom is 0.336 e. The van der Waals surface area contributed by atoms with E-state index in [1.165, 1.54) is 45.3 Å². The highest BCUT2D eigenvalue weighted by Crippen LogP contribution is 2.46. The predicted molar refractivity (Wildman–Crippen MR) is 135 cm³/mol. The van der Waals surface area contributed by atoms with Crippen molar-refractivity contribution in [1.29, 1.82) is 0 Å². The van der Waals surface area contributed by atoms with Crippen LogP contribution >= 0.6 is 0 Å². The zero-order valence-corrected chi connectivity index (χ0v) is 21.6. The summed E-state index contributed by atoms with van der Waals surface area (Å²) in [6.45, 7) is 1.77. The first-order chi connectivity index (χ1) is 18.2. The zero-order chi connectivity index (χ0) is 27.6. The monoisotopic (exact) mass is 525 g/mol. The lowest BCUT2D eigenvalue weighted by atomic mass is 9.97. The van der Waals surface area contributed by atoms with Crippen molar-refractivity contribution >= 4 is 35.5 Å². The number of urea groups is 1. The second-order valence-corrected chi connectivity index (χ2v) is 8.40. The molecule has 0 bridgehead atoms. The summed E-state index contributed by atoms with van der Waals surface area (Å²) in [6, 6.07) is 5.38. The van der Waals surface area contributed by atoms with Gasteiger partial charge in [0.05, 0.1) is 27.0 Å². The van der Waals surface area contributed by atoms with E-state index in [0.717, 1.165) is 4.90 Å². The highest BCUT2D eigenvalue weighted by atomic mass is 16.7. The molecule has 0 unspecified atom stereocenters. The van der Waals surface area contributed by atoms with Crippen LogP contribution in [-0.2, 0) is 20.8 Å². The lowest BCUT2D eigenvalue weighted by molar-refractivity contribution is -0.127. The minimum atomic E-state index is -0.940. The maximum atomic E-state index is 13.6. The third-order valence-electron chi connectivity index (χ3n) is 6.22. The standard InChI is InChI=1S/C26H27N3O9/c1-14(30)28(2)9-8-15-10-21-23(38-13-37-21)22(36-5)17(15)12-18-24(31)27-26(33)29(25(18)32)19-11-16(34-3)6-7-20(19)35-4/h6-7,10-12H,8-9,13H2,1-5H3,(H,27,31,33)/b18-12-. The third-order valence-corrected chi connectivity index (χ3v) is 6.22. The van der Waals surface area contributed by atoms with Crippen molar-refractivity contribution in [1.82, 2.24) is 10.2 Å². The molecule has 1 saturated heterocycles. The molecule has 2 aromatic carbocycles. The molecule has 4 rings (SSSR count). The van der Waals surface area contributed by atoms with Gasteiger partial charge in [-0.2, -0.15) is 0 Å². The van der Waals surface area contributed by atoms with Crippen molar-refractivity contribution in [2.24, 2.45) is 0 Å². The van der Waals surface area contributed by atoms with Crippen molar-refractivity contribution in [3.63, 3.8) is 0 Å². The number of hydrogen-bond acceptors (Lipinski definition) is 9. The number of amides is 5. The number of fused-ring (bicyclic) bond motifs is 1. The summed E-state index contributed by atoms with van der Waals surface area (Å²) in [6.07, 6.45) is 1.69. The summed E-state index contributed by atoms with van der Waals surface area (Å²) in [4.78, 5) is 53.5. The number of methoxy groups -OCH3 is 3. The van der Waals surface area contributed by atoms with Gasteiger partial charge in [0.25, 0.3) is 11.8 Å². The highest BCUT2D eigenvalue weighted by Gasteiger charge is 2.39. The Labute approximate surface area is 218 Å². The summed E-state index contributed by atoms with van der Waals surface area (Å²) >= 11 is 0. The fraction of sp³-hybridized carbons (Fsp3) is 0.308. The molecule has 0 atom stereocenters. The number of barbiturate groups is 1. The topological polar surface area (TPSA) is 133 Å². The van der Waals surface area contributed by atoms with E-state index < -0.39 is 17.8 Å². The van der Waals surface area contributed by atoms with E-state index in [4.69, 9.17) is 23.7 Å². The Morgan fingerprint density at radius 3 is 2.53 bits per heavy atom. The molecule has 12 heteroatoms. The minimum Gasteiger partial charge on any atom is -0.497 e. The van der Waals surface area contributed by atoms with Gasteiger partial charge < -0.3 is 28.6 Å². The maximum absolute atomic E-state index is 13.6. The van der Waals surface area contributed by atoms with Gasteiger partial charge in [-0.3, -0.25) is 19.7 Å². The normalized spacial score (nSPS) is 15.4. The summed E-state index contributed by atoms with van der Waals surface area (Å²) in [5, 5.41) is 2.20. The molecule has 0 aromatic heterocycles. The van der Waals surface area contributed by atoms with Crippen LogP contribution in [0.25, 0.3) is 6.08 Å². The first-order valence-corrected chi connectivity index (χ1v) is 11.5. The summed E-state index contributed by atoms with van der Waals surface area (Å²) in [5.74, 6) is -0.302. The smallest absolute Gasteiger partial charge is 0.336 e. The van der Waals surface area contributed by atoms with Gasteiger partial charge in [0.1, 0.15) is 17.1 Å². The molecule has 12 nitrogen and oxygen atoms in total. The number of anilines is 1. The molecule has 200 valence electrons. The predicted octanol–water partition coefficient (Wildman–Crippen LogP) is 2.13. The van der Waals surface area contributed by atoms with E-state index in [1.807, 2.05) is 0 Å². The van der Waals surface area contributed by atoms with Crippen LogP contribution in [0, 0.1) is 0 Å². The van der Waals surface area contributed by atoms with Crippen LogP contribution in [0.4, 0.5) is 10.5 Å². The van der Waals surface area contributed by atoms with Gasteiger partial charge in [0, 0.05) is 32.1 Å². The summed E-state index contributed by atoms with van der Waals surface area (Å²) in [5.41, 5.74) is 0.773. The number of likely N-dealkylation sites (N-methyl/N-ethyl adjacent to an activating group) is 1. The second-order valence-electron chi connectivity index (χ2n) is 8.40. The quantitative estimate of drug-likeness (QED) is 0.406. The Kier molecular flexibility index (Phi) is 7.42. The van der Waals surface area contributed by atoms with Crippen molar-refractivity contribution < 1.29 is 42.9 Å². The molecule has 2 aliphatic rings. The summed E-state index contributed by atoms with van der Waals surface area (Å²) < 4.78 is 27.3. The Balaban J connectivity index is 1.84.